The Morgan fingerprint density at radius 3 is 2.27 bits per heavy atom. The number of carboxylic acids is 1. The molecule has 3 heterocycles. The van der Waals surface area contributed by atoms with Gasteiger partial charge in [-0.2, -0.15) is 8.78 Å². The summed E-state index contributed by atoms with van der Waals surface area (Å²) >= 11 is 1.68. The fourth-order valence-electron chi connectivity index (χ4n) is 3.65. The highest BCUT2D eigenvalue weighted by Gasteiger charge is 2.34. The third-order valence-electron chi connectivity index (χ3n) is 5.74. The van der Waals surface area contributed by atoms with Gasteiger partial charge < -0.3 is 29.7 Å². The van der Waals surface area contributed by atoms with Gasteiger partial charge in [0.2, 0.25) is 5.88 Å². The van der Waals surface area contributed by atoms with E-state index in [1.54, 1.807) is 23.0 Å². The number of aromatic nitrogens is 1. The summed E-state index contributed by atoms with van der Waals surface area (Å²) in [7, 11) is 1.87. The highest BCUT2D eigenvalue weighted by atomic mass is 32.2. The predicted octanol–water partition coefficient (Wildman–Crippen LogP) is 4.11. The Hall–Kier alpha value is -3.13. The van der Waals surface area contributed by atoms with Gasteiger partial charge in [-0.15, -0.1) is 0 Å². The van der Waals surface area contributed by atoms with E-state index in [0.29, 0.717) is 24.4 Å². The molecule has 0 aromatic carbocycles. The molecule has 2 fully saturated rings. The summed E-state index contributed by atoms with van der Waals surface area (Å²) in [6, 6.07) is 4.32. The molecular weight excluding hydrogens is 548 g/mol. The molecule has 0 spiro atoms. The number of nitrogens with zero attached hydrogens (tertiary/aromatic N) is 4. The average Bonchev–Trinajstić information content (AvgIpc) is 3.19. The van der Waals surface area contributed by atoms with Crippen LogP contribution in [0.25, 0.3) is 0 Å². The number of alkyl carbamates (subject to hydrolysis) is 1. The molecule has 11 nitrogen and oxygen atoms in total. The van der Waals surface area contributed by atoms with Crippen molar-refractivity contribution in [3.05, 3.63) is 30.5 Å². The Morgan fingerprint density at radius 1 is 1.18 bits per heavy atom. The van der Waals surface area contributed by atoms with Gasteiger partial charge in [0.25, 0.3) is 0 Å². The van der Waals surface area contributed by atoms with Crippen molar-refractivity contribution in [3.63, 3.8) is 0 Å². The van der Waals surface area contributed by atoms with E-state index in [-0.39, 0.29) is 19.2 Å². The van der Waals surface area contributed by atoms with Crippen LogP contribution in [0.5, 0.6) is 5.88 Å². The summed E-state index contributed by atoms with van der Waals surface area (Å²) in [6.07, 6.45) is 3.29. The van der Waals surface area contributed by atoms with E-state index in [1.165, 1.54) is 0 Å². The maximum absolute atomic E-state index is 12.2. The number of alkyl halides is 2. The first-order chi connectivity index (χ1) is 18.5. The molecule has 2 saturated heterocycles. The highest BCUT2D eigenvalue weighted by Crippen LogP contribution is 2.29. The molecular formula is C26H39F2N5O6S. The predicted molar refractivity (Wildman–Crippen MR) is 147 cm³/mol. The molecule has 40 heavy (non-hydrogen) atoms. The summed E-state index contributed by atoms with van der Waals surface area (Å²) in [5, 5.41) is 10.2. The second kappa shape index (κ2) is 14.5. The van der Waals surface area contributed by atoms with Crippen molar-refractivity contribution in [1.29, 1.82) is 0 Å². The van der Waals surface area contributed by atoms with E-state index in [2.05, 4.69) is 21.2 Å². The van der Waals surface area contributed by atoms with E-state index in [1.807, 2.05) is 44.9 Å². The van der Waals surface area contributed by atoms with Crippen molar-refractivity contribution >= 4 is 30.0 Å². The first kappa shape index (κ1) is 33.1. The van der Waals surface area contributed by atoms with Crippen LogP contribution in [-0.2, 0) is 9.53 Å². The van der Waals surface area contributed by atoms with E-state index < -0.39 is 23.6 Å². The molecule has 1 aromatic heterocycles. The Kier molecular flexibility index (Phi) is 12.0. The van der Waals surface area contributed by atoms with E-state index >= 15 is 0 Å². The van der Waals surface area contributed by atoms with Crippen molar-refractivity contribution in [2.75, 3.05) is 46.4 Å². The van der Waals surface area contributed by atoms with Gasteiger partial charge in [0.15, 0.2) is 0 Å². The number of aliphatic carboxylic acids is 1. The zero-order chi connectivity index (χ0) is 30.1. The molecule has 0 atom stereocenters. The molecule has 2 aliphatic heterocycles. The third-order valence-corrected chi connectivity index (χ3v) is 6.81. The number of piperidine rings is 1. The lowest BCUT2D eigenvalue weighted by Gasteiger charge is -2.35. The molecule has 0 bridgehead atoms. The van der Waals surface area contributed by atoms with Crippen LogP contribution in [0.1, 0.15) is 40.5 Å². The zero-order valence-corrected chi connectivity index (χ0v) is 24.4. The minimum Gasteiger partial charge on any atom is -0.477 e. The number of carbonyl (C=O) groups is 3. The summed E-state index contributed by atoms with van der Waals surface area (Å²) in [5.74, 6) is -5.17. The fraction of sp³-hybridized carbons (Fsp3) is 0.615. The molecule has 14 heteroatoms. The Labute approximate surface area is 238 Å². The molecule has 0 saturated carbocycles. The van der Waals surface area contributed by atoms with Gasteiger partial charge in [-0.05, 0) is 57.2 Å². The van der Waals surface area contributed by atoms with Crippen LogP contribution in [0.4, 0.5) is 18.4 Å². The quantitative estimate of drug-likeness (QED) is 0.324. The maximum atomic E-state index is 12.2. The third kappa shape index (κ3) is 11.5. The first-order valence-electron chi connectivity index (χ1n) is 12.8. The number of urea groups is 1. The standard InChI is InChI=1S/C23H35N5O4S.C3H4F2O2/c1-17(14-25-21(29)32-23(2,3)4)16-31-20-7-6-19(15-24-20)33-27-10-8-18(9-11-27)28-13-12-26(5)22(28)30;1-3(4,5)2(6)7/h6-7,15,18H,1,8-14,16H2,2-5H3,(H,25,29);1H3,(H,6,7). The van der Waals surface area contributed by atoms with Crippen LogP contribution in [0.15, 0.2) is 35.4 Å². The second-order valence-electron chi connectivity index (χ2n) is 10.6. The molecule has 3 amide bonds. The van der Waals surface area contributed by atoms with Crippen LogP contribution >= 0.6 is 11.9 Å². The number of nitrogens with one attached hydrogen (secondary N) is 1. The lowest BCUT2D eigenvalue weighted by Crippen LogP contribution is -2.44. The van der Waals surface area contributed by atoms with Crippen molar-refractivity contribution < 1.29 is 37.7 Å². The molecule has 224 valence electrons. The summed E-state index contributed by atoms with van der Waals surface area (Å²) in [4.78, 5) is 42.4. The number of likely N-dealkylation sites (N-methyl/N-ethyl adjacent to an activating group) is 1. The molecule has 0 radical (unpaired) electrons. The van der Waals surface area contributed by atoms with Gasteiger partial charge in [-0.25, -0.2) is 23.7 Å². The van der Waals surface area contributed by atoms with Crippen LogP contribution in [0.2, 0.25) is 0 Å². The minimum absolute atomic E-state index is 0.157. The summed E-state index contributed by atoms with van der Waals surface area (Å²) < 4.78 is 35.7. The van der Waals surface area contributed by atoms with Gasteiger partial charge in [0.1, 0.15) is 12.2 Å². The Balaban J connectivity index is 0.000000708. The smallest absolute Gasteiger partial charge is 0.407 e. The first-order valence-corrected chi connectivity index (χ1v) is 13.6. The van der Waals surface area contributed by atoms with Gasteiger partial charge in [0, 0.05) is 69.9 Å². The van der Waals surface area contributed by atoms with Gasteiger partial charge in [-0.3, -0.25) is 0 Å². The number of amides is 3. The van der Waals surface area contributed by atoms with Gasteiger partial charge in [0.05, 0.1) is 0 Å². The number of carboxylic acid groups (broad SMARTS) is 1. The largest absolute Gasteiger partial charge is 0.477 e. The number of rotatable bonds is 9. The maximum Gasteiger partial charge on any atom is 0.407 e. The molecule has 1 aromatic rings. The van der Waals surface area contributed by atoms with Crippen LogP contribution in [0, 0.1) is 0 Å². The van der Waals surface area contributed by atoms with E-state index in [4.69, 9.17) is 14.6 Å². The SMILES string of the molecule is C=C(CNC(=O)OC(C)(C)C)COc1ccc(SN2CCC(N3CCN(C)C3=O)CC2)cn1.CC(F)(F)C(=O)O. The monoisotopic (exact) mass is 587 g/mol. The molecule has 3 rings (SSSR count). The number of pyridine rings is 1. The Bertz CT molecular complexity index is 1020. The zero-order valence-electron chi connectivity index (χ0n) is 23.6. The van der Waals surface area contributed by atoms with Crippen LogP contribution in [-0.4, -0.2) is 106 Å². The van der Waals surface area contributed by atoms with E-state index in [0.717, 1.165) is 43.9 Å². The summed E-state index contributed by atoms with van der Waals surface area (Å²) in [5.41, 5.74) is 0.178. The normalized spacial score (nSPS) is 16.7. The van der Waals surface area contributed by atoms with E-state index in [9.17, 15) is 23.2 Å². The molecule has 0 unspecified atom stereocenters. The number of hydrogen-bond acceptors (Lipinski definition) is 8. The lowest BCUT2D eigenvalue weighted by molar-refractivity contribution is -0.161. The van der Waals surface area contributed by atoms with Crippen molar-refractivity contribution in [1.82, 2.24) is 24.4 Å². The van der Waals surface area contributed by atoms with Gasteiger partial charge in [-0.1, -0.05) is 6.58 Å². The van der Waals surface area contributed by atoms with Crippen molar-refractivity contribution in [3.8, 4) is 5.88 Å². The van der Waals surface area contributed by atoms with Crippen molar-refractivity contribution in [2.45, 2.75) is 63.0 Å². The topological polar surface area (TPSA) is 125 Å². The number of carbonyl (C=O) groups excluding carboxylic acids is 2. The minimum atomic E-state index is -3.58. The number of hydrogen-bond donors (Lipinski definition) is 2. The highest BCUT2D eigenvalue weighted by molar-refractivity contribution is 7.97. The van der Waals surface area contributed by atoms with Crippen molar-refractivity contribution in [2.24, 2.45) is 0 Å². The molecule has 0 aliphatic carbocycles. The second-order valence-corrected chi connectivity index (χ2v) is 11.7. The average molecular weight is 588 g/mol. The summed E-state index contributed by atoms with van der Waals surface area (Å²) in [6.45, 7) is 13.8. The molecule has 2 N–H and O–H groups in total. The Morgan fingerprint density at radius 2 is 1.80 bits per heavy atom. The van der Waals surface area contributed by atoms with Crippen LogP contribution in [0.3, 0.4) is 0 Å². The molecule has 2 aliphatic rings. The number of halogens is 2. The van der Waals surface area contributed by atoms with Crippen LogP contribution < -0.4 is 10.1 Å². The van der Waals surface area contributed by atoms with Gasteiger partial charge >= 0.3 is 24.0 Å². The lowest BCUT2D eigenvalue weighted by atomic mass is 10.1. The fourth-order valence-corrected chi connectivity index (χ4v) is 4.57. The number of ether oxygens (including phenoxy) is 2.